The Morgan fingerprint density at radius 3 is 2.32 bits per heavy atom. The predicted octanol–water partition coefficient (Wildman–Crippen LogP) is 4.27. The molecule has 0 bridgehead atoms. The Morgan fingerprint density at radius 2 is 1.74 bits per heavy atom. The maximum Gasteiger partial charge on any atom is 0.462 e. The third-order valence-corrected chi connectivity index (χ3v) is 4.34. The van der Waals surface area contributed by atoms with Crippen LogP contribution in [0.15, 0.2) is 24.3 Å². The average molecular weight is 300 g/mol. The summed E-state index contributed by atoms with van der Waals surface area (Å²) < 4.78 is 35.9. The lowest BCUT2D eigenvalue weighted by molar-refractivity contribution is -0.164. The number of carbonyl (C=O) groups is 1. The van der Waals surface area contributed by atoms with Crippen molar-refractivity contribution in [2.75, 3.05) is 0 Å². The van der Waals surface area contributed by atoms with Crippen molar-refractivity contribution in [2.45, 2.75) is 13.1 Å². The van der Waals surface area contributed by atoms with Crippen molar-refractivity contribution in [2.24, 2.45) is 0 Å². The Hall–Kier alpha value is -1.58. The van der Waals surface area contributed by atoms with E-state index in [0.717, 1.165) is 14.6 Å². The predicted molar refractivity (Wildman–Crippen MR) is 70.3 cm³/mol. The molecule has 0 aliphatic rings. The Morgan fingerprint density at radius 1 is 1.11 bits per heavy atom. The standard InChI is InChI=1S/C13H7F3OS2/c1-8-2-5-10(18-8)11-6-3-9(19-11)4-7-12(17)13(14,15)16/h2-3,5-6H,1H3. The van der Waals surface area contributed by atoms with E-state index in [2.05, 4.69) is 5.92 Å². The van der Waals surface area contributed by atoms with Crippen LogP contribution < -0.4 is 0 Å². The zero-order valence-corrected chi connectivity index (χ0v) is 11.3. The van der Waals surface area contributed by atoms with Crippen LogP contribution in [0.25, 0.3) is 9.75 Å². The lowest BCUT2D eigenvalue weighted by Gasteiger charge is -1.95. The molecule has 0 radical (unpaired) electrons. The van der Waals surface area contributed by atoms with E-state index >= 15 is 0 Å². The van der Waals surface area contributed by atoms with Crippen LogP contribution in [-0.4, -0.2) is 12.0 Å². The van der Waals surface area contributed by atoms with Gasteiger partial charge in [-0.05, 0) is 43.0 Å². The zero-order chi connectivity index (χ0) is 14.0. The molecular weight excluding hydrogens is 293 g/mol. The molecule has 0 saturated heterocycles. The molecule has 0 fully saturated rings. The number of ketones is 1. The van der Waals surface area contributed by atoms with Crippen molar-refractivity contribution in [3.8, 4) is 21.6 Å². The molecule has 0 saturated carbocycles. The molecule has 0 amide bonds. The van der Waals surface area contributed by atoms with Crippen molar-refractivity contribution < 1.29 is 18.0 Å². The summed E-state index contributed by atoms with van der Waals surface area (Å²) in [5.74, 6) is 1.84. The van der Waals surface area contributed by atoms with Gasteiger partial charge in [0.15, 0.2) is 0 Å². The monoisotopic (exact) mass is 300 g/mol. The van der Waals surface area contributed by atoms with Gasteiger partial charge in [0.1, 0.15) is 0 Å². The molecule has 0 unspecified atom stereocenters. The highest BCUT2D eigenvalue weighted by atomic mass is 32.1. The molecular formula is C13H7F3OS2. The third-order valence-electron chi connectivity index (χ3n) is 2.15. The first kappa shape index (κ1) is 13.8. The minimum Gasteiger partial charge on any atom is -0.275 e. The van der Waals surface area contributed by atoms with Crippen LogP contribution in [0.1, 0.15) is 9.75 Å². The maximum atomic E-state index is 12.0. The molecule has 0 aromatic carbocycles. The molecule has 2 heterocycles. The maximum absolute atomic E-state index is 12.0. The highest BCUT2D eigenvalue weighted by molar-refractivity contribution is 7.22. The van der Waals surface area contributed by atoms with E-state index in [1.807, 2.05) is 19.1 Å². The average Bonchev–Trinajstić information content (AvgIpc) is 2.93. The minimum atomic E-state index is -4.89. The van der Waals surface area contributed by atoms with Crippen molar-refractivity contribution in [3.63, 3.8) is 0 Å². The van der Waals surface area contributed by atoms with Crippen LogP contribution in [-0.2, 0) is 4.79 Å². The van der Waals surface area contributed by atoms with Crippen LogP contribution in [0.4, 0.5) is 13.2 Å². The number of hydrogen-bond acceptors (Lipinski definition) is 3. The van der Waals surface area contributed by atoms with Crippen LogP contribution in [0.3, 0.4) is 0 Å². The highest BCUT2D eigenvalue weighted by Crippen LogP contribution is 2.33. The first-order valence-corrected chi connectivity index (χ1v) is 6.79. The van der Waals surface area contributed by atoms with Gasteiger partial charge in [0, 0.05) is 14.6 Å². The smallest absolute Gasteiger partial charge is 0.275 e. The van der Waals surface area contributed by atoms with E-state index in [1.54, 1.807) is 29.4 Å². The van der Waals surface area contributed by atoms with Gasteiger partial charge in [-0.3, -0.25) is 4.79 Å². The van der Waals surface area contributed by atoms with E-state index in [1.165, 1.54) is 11.3 Å². The largest absolute Gasteiger partial charge is 0.462 e. The van der Waals surface area contributed by atoms with Crippen LogP contribution in [0.5, 0.6) is 0 Å². The van der Waals surface area contributed by atoms with Gasteiger partial charge >= 0.3 is 12.0 Å². The second-order valence-electron chi connectivity index (χ2n) is 3.65. The number of carbonyl (C=O) groups excluding carboxylic acids is 1. The molecule has 2 rings (SSSR count). The van der Waals surface area contributed by atoms with Gasteiger partial charge in [0.25, 0.3) is 0 Å². The second kappa shape index (κ2) is 5.19. The lowest BCUT2D eigenvalue weighted by Crippen LogP contribution is -2.20. The fourth-order valence-electron chi connectivity index (χ4n) is 1.29. The van der Waals surface area contributed by atoms with E-state index < -0.39 is 12.0 Å². The van der Waals surface area contributed by atoms with E-state index in [0.29, 0.717) is 4.88 Å². The number of aryl methyl sites for hydroxylation is 1. The Balaban J connectivity index is 2.19. The van der Waals surface area contributed by atoms with Crippen molar-refractivity contribution in [3.05, 3.63) is 34.0 Å². The van der Waals surface area contributed by atoms with Crippen LogP contribution in [0.2, 0.25) is 0 Å². The molecule has 6 heteroatoms. The van der Waals surface area contributed by atoms with Gasteiger partial charge in [-0.15, -0.1) is 22.7 Å². The van der Waals surface area contributed by atoms with Crippen LogP contribution >= 0.6 is 22.7 Å². The fourth-order valence-corrected chi connectivity index (χ4v) is 3.11. The molecule has 19 heavy (non-hydrogen) atoms. The molecule has 2 aromatic heterocycles. The number of rotatable bonds is 1. The second-order valence-corrected chi connectivity index (χ2v) is 6.02. The van der Waals surface area contributed by atoms with Crippen molar-refractivity contribution >= 4 is 28.5 Å². The number of alkyl halides is 3. The Bertz CT molecular complexity index is 668. The summed E-state index contributed by atoms with van der Waals surface area (Å²) in [6, 6.07) is 7.33. The van der Waals surface area contributed by atoms with Gasteiger partial charge in [0.05, 0.1) is 4.88 Å². The molecule has 0 N–H and O–H groups in total. The fraction of sp³-hybridized carbons (Fsp3) is 0.154. The topological polar surface area (TPSA) is 17.1 Å². The minimum absolute atomic E-state index is 0.443. The highest BCUT2D eigenvalue weighted by Gasteiger charge is 2.37. The van der Waals surface area contributed by atoms with Gasteiger partial charge in [-0.2, -0.15) is 13.2 Å². The molecule has 0 aliphatic heterocycles. The van der Waals surface area contributed by atoms with Gasteiger partial charge < -0.3 is 0 Å². The quantitative estimate of drug-likeness (QED) is 0.719. The molecule has 98 valence electrons. The van der Waals surface area contributed by atoms with Crippen molar-refractivity contribution in [1.29, 1.82) is 0 Å². The molecule has 1 nitrogen and oxygen atoms in total. The lowest BCUT2D eigenvalue weighted by atomic mass is 10.3. The molecule has 2 aromatic rings. The van der Waals surface area contributed by atoms with E-state index in [9.17, 15) is 18.0 Å². The third kappa shape index (κ3) is 3.46. The molecule has 0 spiro atoms. The summed E-state index contributed by atoms with van der Waals surface area (Å²) in [6.07, 6.45) is -4.89. The summed E-state index contributed by atoms with van der Waals surface area (Å²) >= 11 is 2.87. The Kier molecular flexibility index (Phi) is 3.78. The van der Waals surface area contributed by atoms with E-state index in [4.69, 9.17) is 0 Å². The Labute approximate surface area is 115 Å². The summed E-state index contributed by atoms with van der Waals surface area (Å²) in [5, 5.41) is 0. The molecule has 0 atom stereocenters. The number of halogens is 3. The van der Waals surface area contributed by atoms with Crippen molar-refractivity contribution in [1.82, 2.24) is 0 Å². The van der Waals surface area contributed by atoms with Crippen LogP contribution in [0, 0.1) is 18.8 Å². The normalized spacial score (nSPS) is 10.9. The summed E-state index contributed by atoms with van der Waals surface area (Å²) in [7, 11) is 0. The first-order valence-electron chi connectivity index (χ1n) is 5.16. The zero-order valence-electron chi connectivity index (χ0n) is 9.67. The number of thiophene rings is 2. The molecule has 0 aliphatic carbocycles. The van der Waals surface area contributed by atoms with Gasteiger partial charge in [-0.25, -0.2) is 0 Å². The SMILES string of the molecule is Cc1ccc(-c2ccc(C#CC(=O)C(F)(F)F)s2)s1. The van der Waals surface area contributed by atoms with Gasteiger partial charge in [-0.1, -0.05) is 0 Å². The summed E-state index contributed by atoms with van der Waals surface area (Å²) in [4.78, 5) is 14.2. The van der Waals surface area contributed by atoms with E-state index in [-0.39, 0.29) is 0 Å². The number of hydrogen-bond donors (Lipinski definition) is 0. The van der Waals surface area contributed by atoms with Gasteiger partial charge in [0.2, 0.25) is 0 Å². The summed E-state index contributed by atoms with van der Waals surface area (Å²) in [6.45, 7) is 1.98. The first-order chi connectivity index (χ1) is 8.86. The summed E-state index contributed by atoms with van der Waals surface area (Å²) in [5.41, 5.74) is 0. The number of Topliss-reactive ketones (excluding diaryl/α,β-unsaturated/α-hetero) is 1.